The number of aryl methyl sites for hydroxylation is 2. The lowest BCUT2D eigenvalue weighted by Crippen LogP contribution is -2.37. The van der Waals surface area contributed by atoms with Crippen molar-refractivity contribution in [2.75, 3.05) is 19.6 Å². The maximum atomic E-state index is 13.1. The van der Waals surface area contributed by atoms with Gasteiger partial charge in [0.15, 0.2) is 5.78 Å². The molecule has 0 saturated carbocycles. The number of rotatable bonds is 3. The van der Waals surface area contributed by atoms with Crippen LogP contribution in [-0.4, -0.2) is 30.3 Å². The molecule has 25 heavy (non-hydrogen) atoms. The zero-order valence-corrected chi connectivity index (χ0v) is 15.3. The van der Waals surface area contributed by atoms with Gasteiger partial charge in [0.1, 0.15) is 0 Å². The fourth-order valence-corrected chi connectivity index (χ4v) is 3.21. The summed E-state index contributed by atoms with van der Waals surface area (Å²) in [6.45, 7) is 8.68. The van der Waals surface area contributed by atoms with Gasteiger partial charge in [0.25, 0.3) is 0 Å². The Morgan fingerprint density at radius 3 is 1.68 bits per heavy atom. The molecule has 1 aliphatic rings. The number of likely N-dealkylation sites (tertiary alicyclic amines) is 1. The molecule has 2 aromatic carbocycles. The Labute approximate surface area is 150 Å². The lowest BCUT2D eigenvalue weighted by molar-refractivity contribution is -0.113. The van der Waals surface area contributed by atoms with Gasteiger partial charge in [-0.2, -0.15) is 0 Å². The highest BCUT2D eigenvalue weighted by atomic mass is 16.1. The highest BCUT2D eigenvalue weighted by molar-refractivity contribution is 6.14. The third-order valence-electron chi connectivity index (χ3n) is 4.85. The van der Waals surface area contributed by atoms with E-state index in [4.69, 9.17) is 0 Å². The van der Waals surface area contributed by atoms with Crippen molar-refractivity contribution < 1.29 is 4.79 Å². The van der Waals surface area contributed by atoms with E-state index < -0.39 is 0 Å². The number of nitrogens with zero attached hydrogens (tertiary/aromatic N) is 1. The largest absolute Gasteiger partial charge is 0.295 e. The zero-order chi connectivity index (χ0) is 17.8. The van der Waals surface area contributed by atoms with Crippen LogP contribution in [0.2, 0.25) is 0 Å². The average molecular weight is 331 g/mol. The summed E-state index contributed by atoms with van der Waals surface area (Å²) < 4.78 is 0. The number of hydrogen-bond acceptors (Lipinski definition) is 2. The van der Waals surface area contributed by atoms with Gasteiger partial charge < -0.3 is 0 Å². The first-order chi connectivity index (χ1) is 12.1. The van der Waals surface area contributed by atoms with Crippen LogP contribution in [0.15, 0.2) is 59.7 Å². The van der Waals surface area contributed by atoms with Crippen LogP contribution in [0.4, 0.5) is 0 Å². The molecule has 1 heterocycles. The molecule has 0 aliphatic carbocycles. The Kier molecular flexibility index (Phi) is 5.30. The maximum absolute atomic E-state index is 13.1. The van der Waals surface area contributed by atoms with Crippen LogP contribution in [-0.2, 0) is 4.79 Å². The van der Waals surface area contributed by atoms with Crippen molar-refractivity contribution in [3.05, 3.63) is 81.9 Å². The second-order valence-corrected chi connectivity index (χ2v) is 6.68. The Bertz CT molecular complexity index is 777. The number of ketones is 1. The van der Waals surface area contributed by atoms with Gasteiger partial charge in [0.05, 0.1) is 0 Å². The topological polar surface area (TPSA) is 20.3 Å². The molecular weight excluding hydrogens is 306 g/mol. The Morgan fingerprint density at radius 2 is 1.28 bits per heavy atom. The van der Waals surface area contributed by atoms with E-state index in [2.05, 4.69) is 62.1 Å². The van der Waals surface area contributed by atoms with Gasteiger partial charge in [-0.25, -0.2) is 0 Å². The third kappa shape index (κ3) is 3.97. The fourth-order valence-electron chi connectivity index (χ4n) is 3.21. The number of likely N-dealkylation sites (N-methyl/N-ethyl adjacent to an activating group) is 1. The van der Waals surface area contributed by atoms with E-state index in [-0.39, 0.29) is 5.78 Å². The quantitative estimate of drug-likeness (QED) is 0.762. The van der Waals surface area contributed by atoms with Crippen LogP contribution in [0.25, 0.3) is 12.2 Å². The van der Waals surface area contributed by atoms with Gasteiger partial charge in [0, 0.05) is 24.2 Å². The molecule has 2 nitrogen and oxygen atoms in total. The predicted octanol–water partition coefficient (Wildman–Crippen LogP) is 4.68. The van der Waals surface area contributed by atoms with Crippen LogP contribution in [0.1, 0.15) is 29.2 Å². The molecule has 128 valence electrons. The normalized spacial score (nSPS) is 18.9. The summed E-state index contributed by atoms with van der Waals surface area (Å²) in [6, 6.07) is 16.4. The molecule has 0 bridgehead atoms. The number of benzene rings is 2. The zero-order valence-electron chi connectivity index (χ0n) is 15.3. The van der Waals surface area contributed by atoms with Crippen molar-refractivity contribution in [3.63, 3.8) is 0 Å². The van der Waals surface area contributed by atoms with E-state index >= 15 is 0 Å². The second kappa shape index (κ2) is 7.62. The first kappa shape index (κ1) is 17.4. The Morgan fingerprint density at radius 1 is 0.840 bits per heavy atom. The summed E-state index contributed by atoms with van der Waals surface area (Å²) in [7, 11) is 0. The molecule has 3 rings (SSSR count). The van der Waals surface area contributed by atoms with Crippen molar-refractivity contribution in [2.24, 2.45) is 0 Å². The number of carbonyl (C=O) groups excluding carboxylic acids is 1. The first-order valence-electron chi connectivity index (χ1n) is 8.88. The van der Waals surface area contributed by atoms with Crippen molar-refractivity contribution in [3.8, 4) is 0 Å². The molecule has 0 aromatic heterocycles. The van der Waals surface area contributed by atoms with Gasteiger partial charge in [0.2, 0.25) is 0 Å². The van der Waals surface area contributed by atoms with E-state index in [1.165, 1.54) is 11.1 Å². The highest BCUT2D eigenvalue weighted by Crippen LogP contribution is 2.23. The molecule has 1 aliphatic heterocycles. The van der Waals surface area contributed by atoms with Crippen LogP contribution in [0, 0.1) is 13.8 Å². The SMILES string of the molecule is CCN1C/C(=C/c2ccccc2C)C(=O)/C(=C/c2ccccc2C)C1. The Hall–Kier alpha value is -2.45. The van der Waals surface area contributed by atoms with Gasteiger partial charge >= 0.3 is 0 Å². The summed E-state index contributed by atoms with van der Waals surface area (Å²) in [5.41, 5.74) is 6.39. The lowest BCUT2D eigenvalue weighted by Gasteiger charge is -2.28. The average Bonchev–Trinajstić information content (AvgIpc) is 2.62. The summed E-state index contributed by atoms with van der Waals surface area (Å²) >= 11 is 0. The van der Waals surface area contributed by atoms with Crippen molar-refractivity contribution in [2.45, 2.75) is 20.8 Å². The monoisotopic (exact) mass is 331 g/mol. The standard InChI is InChI=1S/C23H25NO/c1-4-24-15-21(13-19-11-7-5-9-17(19)2)23(25)22(16-24)14-20-12-8-6-10-18(20)3/h5-14H,4,15-16H2,1-3H3/b21-13-,22-14+. The van der Waals surface area contributed by atoms with Gasteiger partial charge in [-0.05, 0) is 54.8 Å². The molecular formula is C23H25NO. The van der Waals surface area contributed by atoms with Gasteiger partial charge in [-0.3, -0.25) is 9.69 Å². The summed E-state index contributed by atoms with van der Waals surface area (Å²) in [5, 5.41) is 0. The van der Waals surface area contributed by atoms with Crippen LogP contribution < -0.4 is 0 Å². The summed E-state index contributed by atoms with van der Waals surface area (Å²) in [6.07, 6.45) is 4.12. The number of Topliss-reactive ketones (excluding diaryl/α,β-unsaturated/α-hetero) is 1. The minimum Gasteiger partial charge on any atom is -0.295 e. The van der Waals surface area contributed by atoms with Gasteiger partial charge in [-0.1, -0.05) is 55.5 Å². The van der Waals surface area contributed by atoms with E-state index in [9.17, 15) is 4.79 Å². The smallest absolute Gasteiger partial charge is 0.187 e. The number of carbonyl (C=O) groups is 1. The Balaban J connectivity index is 2.00. The number of piperidine rings is 1. The number of hydrogen-bond donors (Lipinski definition) is 0. The molecule has 1 saturated heterocycles. The molecule has 0 atom stereocenters. The van der Waals surface area contributed by atoms with E-state index in [1.54, 1.807) is 0 Å². The van der Waals surface area contributed by atoms with E-state index in [0.29, 0.717) is 0 Å². The van der Waals surface area contributed by atoms with Crippen LogP contribution in [0.5, 0.6) is 0 Å². The summed E-state index contributed by atoms with van der Waals surface area (Å²) in [4.78, 5) is 15.4. The molecule has 2 heteroatoms. The lowest BCUT2D eigenvalue weighted by atomic mass is 9.93. The molecule has 0 amide bonds. The maximum Gasteiger partial charge on any atom is 0.187 e. The molecule has 0 unspecified atom stereocenters. The fraction of sp³-hybridized carbons (Fsp3) is 0.261. The van der Waals surface area contributed by atoms with Crippen molar-refractivity contribution in [1.29, 1.82) is 0 Å². The molecule has 2 aromatic rings. The summed E-state index contributed by atoms with van der Waals surface area (Å²) in [5.74, 6) is 0.177. The van der Waals surface area contributed by atoms with Crippen LogP contribution >= 0.6 is 0 Å². The molecule has 1 fully saturated rings. The highest BCUT2D eigenvalue weighted by Gasteiger charge is 2.25. The molecule has 0 radical (unpaired) electrons. The predicted molar refractivity (Wildman–Crippen MR) is 105 cm³/mol. The van der Waals surface area contributed by atoms with E-state index in [1.807, 2.05) is 24.3 Å². The van der Waals surface area contributed by atoms with Crippen molar-refractivity contribution >= 4 is 17.9 Å². The minimum atomic E-state index is 0.177. The second-order valence-electron chi connectivity index (χ2n) is 6.68. The molecule has 0 spiro atoms. The van der Waals surface area contributed by atoms with Gasteiger partial charge in [-0.15, -0.1) is 0 Å². The minimum absolute atomic E-state index is 0.177. The first-order valence-corrected chi connectivity index (χ1v) is 8.88. The third-order valence-corrected chi connectivity index (χ3v) is 4.85. The van der Waals surface area contributed by atoms with E-state index in [0.717, 1.165) is 41.9 Å². The van der Waals surface area contributed by atoms with Crippen molar-refractivity contribution in [1.82, 2.24) is 4.90 Å². The molecule has 0 N–H and O–H groups in total. The van der Waals surface area contributed by atoms with Crippen LogP contribution in [0.3, 0.4) is 0 Å².